The van der Waals surface area contributed by atoms with Crippen LogP contribution in [0.15, 0.2) is 18.2 Å². The van der Waals surface area contributed by atoms with Crippen molar-refractivity contribution in [2.45, 2.75) is 45.2 Å². The first-order chi connectivity index (χ1) is 10.0. The predicted molar refractivity (Wildman–Crippen MR) is 84.1 cm³/mol. The minimum Gasteiger partial charge on any atom is -0.496 e. The summed E-state index contributed by atoms with van der Waals surface area (Å²) < 4.78 is 5.39. The molecular weight excluding hydrogens is 264 g/mol. The minimum atomic E-state index is 0.0783. The fourth-order valence-corrected chi connectivity index (χ4v) is 3.13. The molecule has 0 heterocycles. The lowest BCUT2D eigenvalue weighted by atomic mass is 9.85. The molecule has 1 aliphatic carbocycles. The lowest BCUT2D eigenvalue weighted by Crippen LogP contribution is -2.38. The lowest BCUT2D eigenvalue weighted by molar-refractivity contribution is -0.135. The quantitative estimate of drug-likeness (QED) is 0.927. The van der Waals surface area contributed by atoms with E-state index in [2.05, 4.69) is 6.07 Å². The molecule has 0 radical (unpaired) electrons. The van der Waals surface area contributed by atoms with Crippen molar-refractivity contribution in [1.82, 2.24) is 4.90 Å². The smallest absolute Gasteiger partial charge is 0.225 e. The third kappa shape index (κ3) is 3.97. The van der Waals surface area contributed by atoms with Gasteiger partial charge in [-0.2, -0.15) is 0 Å². The highest BCUT2D eigenvalue weighted by Gasteiger charge is 2.27. The molecule has 2 atom stereocenters. The zero-order valence-corrected chi connectivity index (χ0v) is 13.3. The Balaban J connectivity index is 2.05. The zero-order chi connectivity index (χ0) is 15.4. The third-order valence-corrected chi connectivity index (χ3v) is 4.28. The zero-order valence-electron chi connectivity index (χ0n) is 13.3. The maximum absolute atomic E-state index is 12.6. The maximum Gasteiger partial charge on any atom is 0.225 e. The van der Waals surface area contributed by atoms with Crippen molar-refractivity contribution in [1.29, 1.82) is 0 Å². The number of benzene rings is 1. The van der Waals surface area contributed by atoms with Crippen LogP contribution in [0.1, 0.15) is 36.8 Å². The third-order valence-electron chi connectivity index (χ3n) is 4.28. The van der Waals surface area contributed by atoms with E-state index in [1.807, 2.05) is 26.1 Å². The van der Waals surface area contributed by atoms with Crippen LogP contribution in [0.25, 0.3) is 0 Å². The Bertz CT molecular complexity index is 502. The fourth-order valence-electron chi connectivity index (χ4n) is 3.13. The molecule has 1 aromatic rings. The van der Waals surface area contributed by atoms with Crippen molar-refractivity contribution in [2.24, 2.45) is 11.7 Å². The Hall–Kier alpha value is -1.55. The molecule has 21 heavy (non-hydrogen) atoms. The Morgan fingerprint density at radius 2 is 2.19 bits per heavy atom. The summed E-state index contributed by atoms with van der Waals surface area (Å²) in [5.41, 5.74) is 8.21. The number of amides is 1. The molecule has 0 spiro atoms. The van der Waals surface area contributed by atoms with Gasteiger partial charge in [-0.1, -0.05) is 24.1 Å². The van der Waals surface area contributed by atoms with Crippen molar-refractivity contribution in [3.05, 3.63) is 29.3 Å². The van der Waals surface area contributed by atoms with E-state index in [1.54, 1.807) is 12.0 Å². The van der Waals surface area contributed by atoms with Crippen LogP contribution in [0.4, 0.5) is 0 Å². The second-order valence-corrected chi connectivity index (χ2v) is 6.13. The summed E-state index contributed by atoms with van der Waals surface area (Å²) in [6.07, 6.45) is 3.87. The van der Waals surface area contributed by atoms with Gasteiger partial charge < -0.3 is 15.4 Å². The van der Waals surface area contributed by atoms with Crippen LogP contribution in [0.2, 0.25) is 0 Å². The molecule has 1 amide bonds. The van der Waals surface area contributed by atoms with E-state index in [0.29, 0.717) is 6.54 Å². The number of aryl methyl sites for hydroxylation is 1. The van der Waals surface area contributed by atoms with Crippen molar-refractivity contribution >= 4 is 5.91 Å². The summed E-state index contributed by atoms with van der Waals surface area (Å²) in [5, 5.41) is 0. The molecule has 4 nitrogen and oxygen atoms in total. The van der Waals surface area contributed by atoms with E-state index in [-0.39, 0.29) is 17.9 Å². The van der Waals surface area contributed by atoms with E-state index in [9.17, 15) is 4.79 Å². The van der Waals surface area contributed by atoms with Crippen LogP contribution >= 0.6 is 0 Å². The number of carbonyl (C=O) groups excluding carboxylic acids is 1. The second-order valence-electron chi connectivity index (χ2n) is 6.13. The van der Waals surface area contributed by atoms with Crippen LogP contribution < -0.4 is 10.5 Å². The van der Waals surface area contributed by atoms with Gasteiger partial charge in [0.05, 0.1) is 7.11 Å². The molecule has 1 aromatic carbocycles. The first kappa shape index (κ1) is 15.8. The summed E-state index contributed by atoms with van der Waals surface area (Å²) in [7, 11) is 3.53. The number of rotatable bonds is 4. The van der Waals surface area contributed by atoms with E-state index < -0.39 is 0 Å². The van der Waals surface area contributed by atoms with Crippen LogP contribution in [0.5, 0.6) is 5.75 Å². The molecule has 1 fully saturated rings. The van der Waals surface area contributed by atoms with E-state index in [4.69, 9.17) is 10.5 Å². The molecule has 116 valence electrons. The van der Waals surface area contributed by atoms with Crippen LogP contribution in [0.3, 0.4) is 0 Å². The van der Waals surface area contributed by atoms with E-state index in [0.717, 1.165) is 37.0 Å². The van der Waals surface area contributed by atoms with Gasteiger partial charge in [0.25, 0.3) is 0 Å². The Morgan fingerprint density at radius 3 is 2.86 bits per heavy atom. The average molecular weight is 290 g/mol. The highest BCUT2D eigenvalue weighted by Crippen LogP contribution is 2.26. The monoisotopic (exact) mass is 290 g/mol. The highest BCUT2D eigenvalue weighted by molar-refractivity contribution is 5.78. The first-order valence-electron chi connectivity index (χ1n) is 7.65. The largest absolute Gasteiger partial charge is 0.496 e. The number of methoxy groups -OCH3 is 1. The minimum absolute atomic E-state index is 0.0783. The van der Waals surface area contributed by atoms with Crippen molar-refractivity contribution in [3.8, 4) is 5.75 Å². The molecule has 2 N–H and O–H groups in total. The van der Waals surface area contributed by atoms with Crippen LogP contribution in [-0.4, -0.2) is 31.0 Å². The summed E-state index contributed by atoms with van der Waals surface area (Å²) in [4.78, 5) is 14.4. The summed E-state index contributed by atoms with van der Waals surface area (Å²) >= 11 is 0. The molecule has 0 saturated heterocycles. The Morgan fingerprint density at radius 1 is 1.43 bits per heavy atom. The average Bonchev–Trinajstić information content (AvgIpc) is 2.46. The molecule has 2 rings (SSSR count). The molecule has 4 heteroatoms. The standard InChI is InChI=1S/C17H26N2O2/c1-12-7-8-16(21-3)14(9-12)11-19(2)17(20)13-5-4-6-15(18)10-13/h7-9,13,15H,4-6,10-11,18H2,1-3H3. The van der Waals surface area contributed by atoms with Gasteiger partial charge in [-0.25, -0.2) is 0 Å². The van der Waals surface area contributed by atoms with Gasteiger partial charge in [-0.3, -0.25) is 4.79 Å². The molecule has 2 unspecified atom stereocenters. The van der Waals surface area contributed by atoms with Crippen LogP contribution in [-0.2, 0) is 11.3 Å². The van der Waals surface area contributed by atoms with Gasteiger partial charge >= 0.3 is 0 Å². The molecular formula is C17H26N2O2. The summed E-state index contributed by atoms with van der Waals surface area (Å²) in [6.45, 7) is 2.63. The fraction of sp³-hybridized carbons (Fsp3) is 0.588. The summed E-state index contributed by atoms with van der Waals surface area (Å²) in [6, 6.07) is 6.23. The molecule has 0 bridgehead atoms. The number of ether oxygens (including phenoxy) is 1. The summed E-state index contributed by atoms with van der Waals surface area (Å²) in [5.74, 6) is 1.11. The highest BCUT2D eigenvalue weighted by atomic mass is 16.5. The van der Waals surface area contributed by atoms with Gasteiger partial charge in [0.2, 0.25) is 5.91 Å². The number of nitrogens with zero attached hydrogens (tertiary/aromatic N) is 1. The van der Waals surface area contributed by atoms with Crippen molar-refractivity contribution < 1.29 is 9.53 Å². The number of nitrogens with two attached hydrogens (primary N) is 1. The predicted octanol–water partition coefficient (Wildman–Crippen LogP) is 2.48. The van der Waals surface area contributed by atoms with Crippen molar-refractivity contribution in [2.75, 3.05) is 14.2 Å². The SMILES string of the molecule is COc1ccc(C)cc1CN(C)C(=O)C1CCCC(N)C1. The number of hydrogen-bond donors (Lipinski definition) is 1. The molecule has 1 aliphatic rings. The number of carbonyl (C=O) groups is 1. The Kier molecular flexibility index (Phi) is 5.23. The van der Waals surface area contributed by atoms with E-state index in [1.165, 1.54) is 5.56 Å². The van der Waals surface area contributed by atoms with Gasteiger partial charge in [0.1, 0.15) is 5.75 Å². The maximum atomic E-state index is 12.6. The first-order valence-corrected chi connectivity index (χ1v) is 7.65. The van der Waals surface area contributed by atoms with Gasteiger partial charge in [0.15, 0.2) is 0 Å². The Labute approximate surface area is 127 Å². The van der Waals surface area contributed by atoms with Gasteiger partial charge in [-0.15, -0.1) is 0 Å². The molecule has 0 aliphatic heterocycles. The van der Waals surface area contributed by atoms with Crippen LogP contribution in [0, 0.1) is 12.8 Å². The number of hydrogen-bond acceptors (Lipinski definition) is 3. The second kappa shape index (κ2) is 6.94. The van der Waals surface area contributed by atoms with Gasteiger partial charge in [-0.05, 0) is 32.3 Å². The van der Waals surface area contributed by atoms with Gasteiger partial charge in [0, 0.05) is 31.1 Å². The van der Waals surface area contributed by atoms with E-state index >= 15 is 0 Å². The topological polar surface area (TPSA) is 55.6 Å². The lowest BCUT2D eigenvalue weighted by Gasteiger charge is -2.29. The molecule has 1 saturated carbocycles. The normalized spacial score (nSPS) is 21.9. The molecule has 0 aromatic heterocycles. The van der Waals surface area contributed by atoms with Crippen molar-refractivity contribution in [3.63, 3.8) is 0 Å².